The van der Waals surface area contributed by atoms with Gasteiger partial charge < -0.3 is 4.74 Å². The number of hydrogen-bond acceptors (Lipinski definition) is 1. The average molecular weight is 545 g/mol. The van der Waals surface area contributed by atoms with Crippen LogP contribution in [0.25, 0.3) is 0 Å². The zero-order valence-electron chi connectivity index (χ0n) is 27.8. The molecule has 1 aliphatic heterocycles. The molecule has 3 atom stereocenters. The van der Waals surface area contributed by atoms with E-state index in [1.54, 1.807) is 0 Å². The van der Waals surface area contributed by atoms with Crippen molar-refractivity contribution >= 4 is 0 Å². The second-order valence-electron chi connectivity index (χ2n) is 17.7. The molecule has 0 aromatic carbocycles. The minimum Gasteiger partial charge on any atom is -0.365 e. The molecular weight excluding hydrogens is 460 g/mol. The molecule has 38 heavy (non-hydrogen) atoms. The maximum atomic E-state index is 5.83. The molecule has 1 nitrogen and oxygen atoms in total. The van der Waals surface area contributed by atoms with Crippen LogP contribution in [0.4, 0.5) is 0 Å². The summed E-state index contributed by atoms with van der Waals surface area (Å²) in [4.78, 5) is 0. The number of allylic oxidation sites excluding steroid dienone is 2. The van der Waals surface area contributed by atoms with Crippen LogP contribution >= 0.6 is 0 Å². The first kappa shape index (κ1) is 50.5. The summed E-state index contributed by atoms with van der Waals surface area (Å²) in [6, 6.07) is 0. The van der Waals surface area contributed by atoms with Gasteiger partial charge >= 0.3 is 0 Å². The van der Waals surface area contributed by atoms with E-state index in [9.17, 15) is 0 Å². The highest BCUT2D eigenvalue weighted by atomic mass is 16.6. The summed E-state index contributed by atoms with van der Waals surface area (Å²) in [5.74, 6) is 0.808. The first-order valence-corrected chi connectivity index (χ1v) is 13.7. The molecule has 0 spiro atoms. The zero-order valence-corrected chi connectivity index (χ0v) is 27.8. The molecule has 0 aliphatic carbocycles. The predicted octanol–water partition coefficient (Wildman–Crippen LogP) is 13.9. The zero-order chi connectivity index (χ0) is 28.4. The van der Waals surface area contributed by atoms with Crippen LogP contribution in [-0.4, -0.2) is 11.7 Å². The lowest BCUT2D eigenvalue weighted by molar-refractivity contribution is 0.170. The number of ether oxygens (including phenoxy) is 1. The molecule has 0 N–H and O–H groups in total. The van der Waals surface area contributed by atoms with Gasteiger partial charge in [-0.05, 0) is 58.7 Å². The van der Waals surface area contributed by atoms with Gasteiger partial charge in [0.2, 0.25) is 0 Å². The first-order chi connectivity index (χ1) is 14.3. The molecule has 1 saturated heterocycles. The van der Waals surface area contributed by atoms with Crippen molar-refractivity contribution in [3.05, 3.63) is 11.6 Å². The summed E-state index contributed by atoms with van der Waals surface area (Å²) in [5, 5.41) is 0. The van der Waals surface area contributed by atoms with Crippen molar-refractivity contribution in [1.82, 2.24) is 0 Å². The summed E-state index contributed by atoms with van der Waals surface area (Å²) in [6.07, 6.45) is 4.09. The fourth-order valence-electron chi connectivity index (χ4n) is 3.87. The fraction of sp³-hybridized carbons (Fsp3) is 0.946. The molecular formula is C37H84O. The van der Waals surface area contributed by atoms with Gasteiger partial charge in [-0.2, -0.15) is 0 Å². The summed E-state index contributed by atoms with van der Waals surface area (Å²) in [7, 11) is 0. The van der Waals surface area contributed by atoms with Crippen molar-refractivity contribution < 1.29 is 4.74 Å². The summed E-state index contributed by atoms with van der Waals surface area (Å²) >= 11 is 0. The van der Waals surface area contributed by atoms with Crippen molar-refractivity contribution in [3.8, 4) is 0 Å². The Labute approximate surface area is 247 Å². The third-order valence-electron chi connectivity index (χ3n) is 7.31. The van der Waals surface area contributed by atoms with Gasteiger partial charge in [-0.3, -0.25) is 0 Å². The molecule has 3 unspecified atom stereocenters. The number of epoxide rings is 1. The summed E-state index contributed by atoms with van der Waals surface area (Å²) in [5.41, 5.74) is 3.69. The first-order valence-electron chi connectivity index (χ1n) is 13.7. The third kappa shape index (κ3) is 20.6. The fourth-order valence-corrected chi connectivity index (χ4v) is 3.87. The van der Waals surface area contributed by atoms with E-state index in [4.69, 9.17) is 4.74 Å². The SMILES string of the molecule is C.C.C.C.CC(=CC(C)(C)C)C(C)(C)C.CC(C)(C)C1OC1(C)C(C)(C)C.CC(CC(C)(C)C)C(C)(C)C. The molecule has 238 valence electrons. The van der Waals surface area contributed by atoms with E-state index in [-0.39, 0.29) is 46.1 Å². The summed E-state index contributed by atoms with van der Waals surface area (Å²) in [6.45, 7) is 47.7. The molecule has 0 radical (unpaired) electrons. The summed E-state index contributed by atoms with van der Waals surface area (Å²) < 4.78 is 5.83. The monoisotopic (exact) mass is 545 g/mol. The minimum absolute atomic E-state index is 0. The maximum Gasteiger partial charge on any atom is 0.0973 e. The van der Waals surface area contributed by atoms with E-state index in [1.807, 2.05) is 0 Å². The van der Waals surface area contributed by atoms with Crippen LogP contribution in [-0.2, 0) is 4.74 Å². The van der Waals surface area contributed by atoms with Gasteiger partial charge in [0.25, 0.3) is 0 Å². The van der Waals surface area contributed by atoms with E-state index in [0.29, 0.717) is 27.8 Å². The van der Waals surface area contributed by atoms with Crippen molar-refractivity contribution in [2.45, 2.75) is 193 Å². The number of rotatable bonds is 1. The Bertz CT molecular complexity index is 623. The lowest BCUT2D eigenvalue weighted by Gasteiger charge is -2.32. The van der Waals surface area contributed by atoms with Crippen LogP contribution in [0.3, 0.4) is 0 Å². The van der Waals surface area contributed by atoms with E-state index in [0.717, 1.165) is 5.92 Å². The molecule has 1 aliphatic rings. The van der Waals surface area contributed by atoms with Gasteiger partial charge in [0.15, 0.2) is 0 Å². The second-order valence-corrected chi connectivity index (χ2v) is 17.7. The van der Waals surface area contributed by atoms with Gasteiger partial charge in [0.1, 0.15) is 0 Å². The largest absolute Gasteiger partial charge is 0.365 e. The van der Waals surface area contributed by atoms with Gasteiger partial charge in [-0.15, -0.1) is 0 Å². The molecule has 1 heteroatoms. The van der Waals surface area contributed by atoms with Crippen molar-refractivity contribution in [1.29, 1.82) is 0 Å². The topological polar surface area (TPSA) is 12.5 Å². The highest BCUT2D eigenvalue weighted by Gasteiger charge is 2.63. The van der Waals surface area contributed by atoms with E-state index >= 15 is 0 Å². The lowest BCUT2D eigenvalue weighted by atomic mass is 9.73. The predicted molar refractivity (Wildman–Crippen MR) is 184 cm³/mol. The highest BCUT2D eigenvalue weighted by Crippen LogP contribution is 2.56. The van der Waals surface area contributed by atoms with Crippen molar-refractivity contribution in [2.24, 2.45) is 38.4 Å². The van der Waals surface area contributed by atoms with E-state index in [1.165, 1.54) is 12.0 Å². The molecule has 0 saturated carbocycles. The Morgan fingerprint density at radius 2 is 1.05 bits per heavy atom. The smallest absolute Gasteiger partial charge is 0.0973 e. The highest BCUT2D eigenvalue weighted by molar-refractivity contribution is 5.11. The van der Waals surface area contributed by atoms with Crippen molar-refractivity contribution in [3.63, 3.8) is 0 Å². The quantitative estimate of drug-likeness (QED) is 0.236. The van der Waals surface area contributed by atoms with E-state index in [2.05, 4.69) is 151 Å². The van der Waals surface area contributed by atoms with Gasteiger partial charge in [0, 0.05) is 0 Å². The van der Waals surface area contributed by atoms with Crippen LogP contribution in [0.1, 0.15) is 182 Å². The Balaban J connectivity index is -0.0000000962. The molecule has 0 aromatic rings. The molecule has 1 fully saturated rings. The van der Waals surface area contributed by atoms with Crippen LogP contribution in [0, 0.1) is 38.4 Å². The normalized spacial score (nSPS) is 20.9. The molecule has 0 amide bonds. The average Bonchev–Trinajstić information content (AvgIpc) is 3.17. The van der Waals surface area contributed by atoms with Gasteiger partial charge in [0.05, 0.1) is 11.7 Å². The van der Waals surface area contributed by atoms with Crippen LogP contribution in [0.5, 0.6) is 0 Å². The lowest BCUT2D eigenvalue weighted by Crippen LogP contribution is -2.33. The molecule has 1 rings (SSSR count). The third-order valence-corrected chi connectivity index (χ3v) is 7.31. The second kappa shape index (κ2) is 16.2. The Morgan fingerprint density at radius 3 is 1.13 bits per heavy atom. The maximum absolute atomic E-state index is 5.83. The molecule has 1 heterocycles. The Hall–Kier alpha value is -0.300. The molecule has 0 aromatic heterocycles. The van der Waals surface area contributed by atoms with Crippen LogP contribution < -0.4 is 0 Å². The van der Waals surface area contributed by atoms with Gasteiger partial charge in [-0.1, -0.05) is 173 Å². The standard InChI is InChI=1S/C11H22O.C11H24.C11H22.4CH4/c1-9(2,3)8-11(7,12-8)10(4,5)6;2*1-9(11(5,6)7)8-10(2,3)4;;;;/h8H,1-7H3;9H,8H2,1-7H3;8H,1-7H3;4*1H4. The van der Waals surface area contributed by atoms with E-state index < -0.39 is 0 Å². The number of hydrogen-bond donors (Lipinski definition) is 0. The minimum atomic E-state index is 0. The van der Waals surface area contributed by atoms with Gasteiger partial charge in [-0.25, -0.2) is 0 Å². The Kier molecular flexibility index (Phi) is 21.6. The van der Waals surface area contributed by atoms with Crippen LogP contribution in [0.2, 0.25) is 0 Å². The van der Waals surface area contributed by atoms with Crippen LogP contribution in [0.15, 0.2) is 11.6 Å². The van der Waals surface area contributed by atoms with Crippen molar-refractivity contribution in [2.75, 3.05) is 0 Å². The Morgan fingerprint density at radius 1 is 0.711 bits per heavy atom. The molecule has 0 bridgehead atoms.